The molecule has 0 aromatic heterocycles. The average Bonchev–Trinajstić information content (AvgIpc) is 2.37. The van der Waals surface area contributed by atoms with Gasteiger partial charge in [-0.15, -0.1) is 0 Å². The summed E-state index contributed by atoms with van der Waals surface area (Å²) in [6.45, 7) is 6.50. The first-order valence-electron chi connectivity index (χ1n) is 6.66. The molecule has 0 saturated carbocycles. The van der Waals surface area contributed by atoms with Crippen molar-refractivity contribution >= 4 is 33.1 Å². The van der Waals surface area contributed by atoms with Crippen molar-refractivity contribution < 1.29 is 4.74 Å². The number of rotatable bonds is 3. The van der Waals surface area contributed by atoms with Crippen LogP contribution < -0.4 is 10.5 Å². The molecule has 2 nitrogen and oxygen atoms in total. The summed E-state index contributed by atoms with van der Waals surface area (Å²) in [6, 6.07) is 13.7. The summed E-state index contributed by atoms with van der Waals surface area (Å²) in [6.07, 6.45) is 0. The van der Waals surface area contributed by atoms with Crippen molar-refractivity contribution in [2.24, 2.45) is 5.73 Å². The molecule has 2 aromatic carbocycles. The third-order valence-corrected chi connectivity index (χ3v) is 4.00. The van der Waals surface area contributed by atoms with Gasteiger partial charge < -0.3 is 10.5 Å². The van der Waals surface area contributed by atoms with Crippen LogP contribution >= 0.6 is 28.1 Å². The highest BCUT2D eigenvalue weighted by Gasteiger charge is 2.19. The molecule has 0 heterocycles. The van der Waals surface area contributed by atoms with E-state index in [0.29, 0.717) is 4.99 Å². The van der Waals surface area contributed by atoms with Gasteiger partial charge in [-0.3, -0.25) is 0 Å². The van der Waals surface area contributed by atoms with Crippen molar-refractivity contribution in [3.8, 4) is 11.5 Å². The van der Waals surface area contributed by atoms with Gasteiger partial charge in [0.15, 0.2) is 0 Å². The number of nitrogens with two attached hydrogens (primary N) is 1. The fourth-order valence-corrected chi connectivity index (χ4v) is 2.94. The van der Waals surface area contributed by atoms with Gasteiger partial charge in [0.1, 0.15) is 16.5 Å². The minimum Gasteiger partial charge on any atom is -0.457 e. The van der Waals surface area contributed by atoms with Gasteiger partial charge in [-0.2, -0.15) is 0 Å². The van der Waals surface area contributed by atoms with Gasteiger partial charge in [0, 0.05) is 15.6 Å². The Labute approximate surface area is 139 Å². The summed E-state index contributed by atoms with van der Waals surface area (Å²) in [7, 11) is 0. The highest BCUT2D eigenvalue weighted by atomic mass is 79.9. The predicted molar refractivity (Wildman–Crippen MR) is 95.2 cm³/mol. The summed E-state index contributed by atoms with van der Waals surface area (Å²) >= 11 is 8.47. The SMILES string of the molecule is CC(C)(C)c1ccccc1Oc1ccc(C(N)=S)c(Br)c1. The average molecular weight is 364 g/mol. The summed E-state index contributed by atoms with van der Waals surface area (Å²) in [5.74, 6) is 1.61. The first-order valence-corrected chi connectivity index (χ1v) is 7.86. The largest absolute Gasteiger partial charge is 0.457 e. The summed E-state index contributed by atoms with van der Waals surface area (Å²) in [5.41, 5.74) is 7.65. The lowest BCUT2D eigenvalue weighted by atomic mass is 9.86. The Bertz CT molecular complexity index is 677. The van der Waals surface area contributed by atoms with Crippen LogP contribution in [0.3, 0.4) is 0 Å². The highest BCUT2D eigenvalue weighted by molar-refractivity contribution is 9.10. The molecule has 0 aliphatic carbocycles. The molecule has 2 aromatic rings. The standard InChI is InChI=1S/C17H18BrNOS/c1-17(2,3)13-6-4-5-7-15(13)20-11-8-9-12(16(19)21)14(18)10-11/h4-10H,1-3H3,(H2,19,21). The van der Waals surface area contributed by atoms with Crippen molar-refractivity contribution in [1.82, 2.24) is 0 Å². The minimum atomic E-state index is 0.0204. The maximum absolute atomic E-state index is 6.04. The molecule has 0 spiro atoms. The maximum atomic E-state index is 6.04. The van der Waals surface area contributed by atoms with Crippen LogP contribution in [0.15, 0.2) is 46.9 Å². The molecule has 2 rings (SSSR count). The van der Waals surface area contributed by atoms with Crippen molar-refractivity contribution in [3.05, 3.63) is 58.1 Å². The number of para-hydroxylation sites is 1. The third kappa shape index (κ3) is 3.83. The third-order valence-electron chi connectivity index (χ3n) is 3.13. The van der Waals surface area contributed by atoms with Crippen molar-refractivity contribution in [3.63, 3.8) is 0 Å². The number of benzene rings is 2. The van der Waals surface area contributed by atoms with E-state index in [2.05, 4.69) is 42.8 Å². The van der Waals surface area contributed by atoms with Crippen LogP contribution in [0, 0.1) is 0 Å². The fourth-order valence-electron chi connectivity index (χ4n) is 2.06. The van der Waals surface area contributed by atoms with Crippen molar-refractivity contribution in [2.45, 2.75) is 26.2 Å². The van der Waals surface area contributed by atoms with Crippen LogP contribution in [0.1, 0.15) is 31.9 Å². The van der Waals surface area contributed by atoms with Gasteiger partial charge in [0.25, 0.3) is 0 Å². The first-order chi connectivity index (χ1) is 9.79. The number of hydrogen-bond acceptors (Lipinski definition) is 2. The van der Waals surface area contributed by atoms with Crippen LogP contribution in [-0.2, 0) is 5.41 Å². The molecule has 0 bridgehead atoms. The molecule has 0 saturated heterocycles. The van der Waals surface area contributed by atoms with Crippen LogP contribution in [0.5, 0.6) is 11.5 Å². The molecule has 0 radical (unpaired) electrons. The summed E-state index contributed by atoms with van der Waals surface area (Å²) in [5, 5.41) is 0. The molecule has 0 aliphatic rings. The Hall–Kier alpha value is -1.39. The molecule has 0 fully saturated rings. The summed E-state index contributed by atoms with van der Waals surface area (Å²) < 4.78 is 6.87. The molecule has 0 unspecified atom stereocenters. The van der Waals surface area contributed by atoms with Gasteiger partial charge in [0.05, 0.1) is 0 Å². The monoisotopic (exact) mass is 363 g/mol. The number of halogens is 1. The Kier molecular flexibility index (Phi) is 4.69. The van der Waals surface area contributed by atoms with Crippen LogP contribution in [0.4, 0.5) is 0 Å². The number of thiocarbonyl (C=S) groups is 1. The molecule has 4 heteroatoms. The quantitative estimate of drug-likeness (QED) is 0.763. The maximum Gasteiger partial charge on any atom is 0.131 e. The topological polar surface area (TPSA) is 35.2 Å². The molecule has 0 aliphatic heterocycles. The summed E-state index contributed by atoms with van der Waals surface area (Å²) in [4.78, 5) is 0.364. The lowest BCUT2D eigenvalue weighted by Gasteiger charge is -2.22. The molecule has 0 amide bonds. The molecular formula is C17H18BrNOS. The van der Waals surface area contributed by atoms with E-state index in [1.807, 2.05) is 36.4 Å². The van der Waals surface area contributed by atoms with Gasteiger partial charge in [-0.1, -0.05) is 51.2 Å². The lowest BCUT2D eigenvalue weighted by molar-refractivity contribution is 0.455. The van der Waals surface area contributed by atoms with Crippen LogP contribution in [-0.4, -0.2) is 4.99 Å². The van der Waals surface area contributed by atoms with E-state index in [9.17, 15) is 0 Å². The van der Waals surface area contributed by atoms with E-state index >= 15 is 0 Å². The Morgan fingerprint density at radius 1 is 1.14 bits per heavy atom. The van der Waals surface area contributed by atoms with E-state index in [-0.39, 0.29) is 5.41 Å². The number of hydrogen-bond donors (Lipinski definition) is 1. The molecule has 2 N–H and O–H groups in total. The van der Waals surface area contributed by atoms with Crippen molar-refractivity contribution in [2.75, 3.05) is 0 Å². The zero-order chi connectivity index (χ0) is 15.6. The van der Waals surface area contributed by atoms with E-state index in [4.69, 9.17) is 22.7 Å². The van der Waals surface area contributed by atoms with Crippen LogP contribution in [0.2, 0.25) is 0 Å². The second-order valence-electron chi connectivity index (χ2n) is 5.85. The normalized spacial score (nSPS) is 11.2. The van der Waals surface area contributed by atoms with Gasteiger partial charge in [-0.05, 0) is 45.6 Å². The predicted octanol–water partition coefficient (Wildman–Crippen LogP) is 5.17. The zero-order valence-corrected chi connectivity index (χ0v) is 14.7. The van der Waals surface area contributed by atoms with E-state index in [0.717, 1.165) is 21.5 Å². The minimum absolute atomic E-state index is 0.0204. The molecular weight excluding hydrogens is 346 g/mol. The first kappa shape index (κ1) is 16.0. The van der Waals surface area contributed by atoms with Gasteiger partial charge >= 0.3 is 0 Å². The molecule has 110 valence electrons. The zero-order valence-electron chi connectivity index (χ0n) is 12.3. The Balaban J connectivity index is 2.35. The number of ether oxygens (including phenoxy) is 1. The van der Waals surface area contributed by atoms with E-state index in [1.165, 1.54) is 5.56 Å². The molecule has 0 atom stereocenters. The van der Waals surface area contributed by atoms with E-state index < -0.39 is 0 Å². The highest BCUT2D eigenvalue weighted by Crippen LogP contribution is 2.35. The van der Waals surface area contributed by atoms with Crippen molar-refractivity contribution in [1.29, 1.82) is 0 Å². The second-order valence-corrected chi connectivity index (χ2v) is 7.15. The second kappa shape index (κ2) is 6.16. The van der Waals surface area contributed by atoms with Gasteiger partial charge in [-0.25, -0.2) is 0 Å². The smallest absolute Gasteiger partial charge is 0.131 e. The fraction of sp³-hybridized carbons (Fsp3) is 0.235. The van der Waals surface area contributed by atoms with E-state index in [1.54, 1.807) is 0 Å². The Morgan fingerprint density at radius 2 is 1.81 bits per heavy atom. The van der Waals surface area contributed by atoms with Gasteiger partial charge in [0.2, 0.25) is 0 Å². The Morgan fingerprint density at radius 3 is 2.38 bits per heavy atom. The van der Waals surface area contributed by atoms with Crippen LogP contribution in [0.25, 0.3) is 0 Å². The lowest BCUT2D eigenvalue weighted by Crippen LogP contribution is -2.12. The molecule has 21 heavy (non-hydrogen) atoms.